The Bertz CT molecular complexity index is 640. The Hall–Kier alpha value is -1.68. The lowest BCUT2D eigenvalue weighted by molar-refractivity contribution is 0.102. The molecular formula is C15H13BrFNO. The first kappa shape index (κ1) is 13.7. The number of hydrogen-bond acceptors (Lipinski definition) is 1. The molecule has 0 unspecified atom stereocenters. The molecule has 98 valence electrons. The van der Waals surface area contributed by atoms with Gasteiger partial charge in [-0.3, -0.25) is 4.79 Å². The lowest BCUT2D eigenvalue weighted by Crippen LogP contribution is -2.12. The van der Waals surface area contributed by atoms with Crippen LogP contribution in [-0.2, 0) is 0 Å². The highest BCUT2D eigenvalue weighted by Gasteiger charge is 2.10. The van der Waals surface area contributed by atoms with E-state index < -0.39 is 0 Å². The molecule has 0 atom stereocenters. The Morgan fingerprint density at radius 1 is 1.16 bits per heavy atom. The summed E-state index contributed by atoms with van der Waals surface area (Å²) in [6.45, 7) is 3.60. The monoisotopic (exact) mass is 321 g/mol. The fraction of sp³-hybridized carbons (Fsp3) is 0.133. The van der Waals surface area contributed by atoms with Crippen molar-refractivity contribution in [2.75, 3.05) is 5.32 Å². The van der Waals surface area contributed by atoms with E-state index in [1.807, 2.05) is 25.1 Å². The third kappa shape index (κ3) is 3.20. The lowest BCUT2D eigenvalue weighted by atomic mass is 10.1. The van der Waals surface area contributed by atoms with E-state index in [1.165, 1.54) is 6.07 Å². The normalized spacial score (nSPS) is 10.3. The third-order valence-electron chi connectivity index (χ3n) is 2.80. The Kier molecular flexibility index (Phi) is 4.00. The highest BCUT2D eigenvalue weighted by molar-refractivity contribution is 9.10. The van der Waals surface area contributed by atoms with Crippen LogP contribution in [0.15, 0.2) is 40.9 Å². The fourth-order valence-electron chi connectivity index (χ4n) is 1.66. The summed E-state index contributed by atoms with van der Waals surface area (Å²) in [6.07, 6.45) is 0. The standard InChI is InChI=1S/C15H13BrFNO/c1-9-3-6-12(16)14(7-9)18-15(19)11-5-4-10(2)13(17)8-11/h3-8H,1-2H3,(H,18,19). The lowest BCUT2D eigenvalue weighted by Gasteiger charge is -2.09. The molecule has 0 aliphatic rings. The van der Waals surface area contributed by atoms with Crippen molar-refractivity contribution < 1.29 is 9.18 Å². The number of anilines is 1. The predicted octanol–water partition coefficient (Wildman–Crippen LogP) is 4.46. The highest BCUT2D eigenvalue weighted by Crippen LogP contribution is 2.24. The van der Waals surface area contributed by atoms with E-state index in [4.69, 9.17) is 0 Å². The first-order valence-electron chi connectivity index (χ1n) is 5.81. The molecule has 0 heterocycles. The number of benzene rings is 2. The first-order chi connectivity index (χ1) is 8.97. The fourth-order valence-corrected chi connectivity index (χ4v) is 2.01. The van der Waals surface area contributed by atoms with Crippen LogP contribution in [0.3, 0.4) is 0 Å². The summed E-state index contributed by atoms with van der Waals surface area (Å²) in [5.41, 5.74) is 2.53. The molecule has 4 heteroatoms. The number of aryl methyl sites for hydroxylation is 2. The molecule has 0 saturated carbocycles. The molecule has 1 N–H and O–H groups in total. The van der Waals surface area contributed by atoms with Gasteiger partial charge in [0.05, 0.1) is 5.69 Å². The van der Waals surface area contributed by atoms with Crippen molar-refractivity contribution >= 4 is 27.5 Å². The quantitative estimate of drug-likeness (QED) is 0.869. The first-order valence-corrected chi connectivity index (χ1v) is 6.60. The van der Waals surface area contributed by atoms with Crippen molar-refractivity contribution in [1.82, 2.24) is 0 Å². The van der Waals surface area contributed by atoms with E-state index in [1.54, 1.807) is 19.1 Å². The third-order valence-corrected chi connectivity index (χ3v) is 3.50. The minimum atomic E-state index is -0.379. The summed E-state index contributed by atoms with van der Waals surface area (Å²) in [6, 6.07) is 10.1. The Labute approximate surface area is 119 Å². The number of carbonyl (C=O) groups is 1. The van der Waals surface area contributed by atoms with Crippen LogP contribution in [-0.4, -0.2) is 5.91 Å². The van der Waals surface area contributed by atoms with E-state index in [-0.39, 0.29) is 11.7 Å². The van der Waals surface area contributed by atoms with E-state index in [0.717, 1.165) is 10.0 Å². The molecule has 1 amide bonds. The maximum atomic E-state index is 13.4. The van der Waals surface area contributed by atoms with Crippen molar-refractivity contribution in [1.29, 1.82) is 0 Å². The number of hydrogen-bond donors (Lipinski definition) is 1. The maximum Gasteiger partial charge on any atom is 0.255 e. The second kappa shape index (κ2) is 5.53. The van der Waals surface area contributed by atoms with Gasteiger partial charge in [-0.05, 0) is 65.2 Å². The van der Waals surface area contributed by atoms with Gasteiger partial charge in [0.15, 0.2) is 0 Å². The molecule has 0 radical (unpaired) electrons. The van der Waals surface area contributed by atoms with Gasteiger partial charge < -0.3 is 5.32 Å². The van der Waals surface area contributed by atoms with E-state index in [9.17, 15) is 9.18 Å². The minimum Gasteiger partial charge on any atom is -0.321 e. The molecule has 0 aliphatic carbocycles. The second-order valence-electron chi connectivity index (χ2n) is 4.40. The molecule has 0 saturated heterocycles. The molecule has 0 aliphatic heterocycles. The largest absolute Gasteiger partial charge is 0.321 e. The van der Waals surface area contributed by atoms with Crippen LogP contribution in [0.1, 0.15) is 21.5 Å². The zero-order valence-corrected chi connectivity index (χ0v) is 12.2. The van der Waals surface area contributed by atoms with E-state index in [2.05, 4.69) is 21.2 Å². The number of carbonyl (C=O) groups excluding carboxylic acids is 1. The van der Waals surface area contributed by atoms with E-state index in [0.29, 0.717) is 16.8 Å². The van der Waals surface area contributed by atoms with E-state index >= 15 is 0 Å². The summed E-state index contributed by atoms with van der Waals surface area (Å²) in [4.78, 5) is 12.0. The van der Waals surface area contributed by atoms with Crippen LogP contribution in [0.2, 0.25) is 0 Å². The molecule has 0 spiro atoms. The van der Waals surface area contributed by atoms with Gasteiger partial charge in [0, 0.05) is 10.0 Å². The topological polar surface area (TPSA) is 29.1 Å². The second-order valence-corrected chi connectivity index (χ2v) is 5.26. The van der Waals surface area contributed by atoms with Gasteiger partial charge in [0.1, 0.15) is 5.82 Å². The van der Waals surface area contributed by atoms with Crippen LogP contribution < -0.4 is 5.32 Å². The van der Waals surface area contributed by atoms with Gasteiger partial charge in [0.2, 0.25) is 0 Å². The van der Waals surface area contributed by atoms with Crippen molar-refractivity contribution in [3.05, 3.63) is 63.4 Å². The average Bonchev–Trinajstić information content (AvgIpc) is 2.37. The Morgan fingerprint density at radius 3 is 2.58 bits per heavy atom. The van der Waals surface area contributed by atoms with Crippen molar-refractivity contribution in [3.63, 3.8) is 0 Å². The highest BCUT2D eigenvalue weighted by atomic mass is 79.9. The molecule has 19 heavy (non-hydrogen) atoms. The molecule has 2 aromatic rings. The summed E-state index contributed by atoms with van der Waals surface area (Å²) < 4.78 is 14.2. The van der Waals surface area contributed by atoms with Gasteiger partial charge in [-0.15, -0.1) is 0 Å². The van der Waals surface area contributed by atoms with Crippen molar-refractivity contribution in [3.8, 4) is 0 Å². The summed E-state index contributed by atoms with van der Waals surface area (Å²) in [5, 5.41) is 2.76. The number of halogens is 2. The van der Waals surface area contributed by atoms with Crippen LogP contribution in [0.25, 0.3) is 0 Å². The van der Waals surface area contributed by atoms with Gasteiger partial charge in [-0.2, -0.15) is 0 Å². The molecule has 0 fully saturated rings. The summed E-state index contributed by atoms with van der Waals surface area (Å²) >= 11 is 3.37. The van der Waals surface area contributed by atoms with Crippen LogP contribution in [0, 0.1) is 19.7 Å². The summed E-state index contributed by atoms with van der Waals surface area (Å²) in [5.74, 6) is -0.707. The van der Waals surface area contributed by atoms with Crippen LogP contribution in [0.4, 0.5) is 10.1 Å². The maximum absolute atomic E-state index is 13.4. The van der Waals surface area contributed by atoms with Gasteiger partial charge in [-0.1, -0.05) is 12.1 Å². The van der Waals surface area contributed by atoms with Crippen LogP contribution >= 0.6 is 15.9 Å². The molecule has 0 aromatic heterocycles. The van der Waals surface area contributed by atoms with Gasteiger partial charge in [0.25, 0.3) is 5.91 Å². The van der Waals surface area contributed by atoms with Crippen LogP contribution in [0.5, 0.6) is 0 Å². The molecular weight excluding hydrogens is 309 g/mol. The molecule has 2 nitrogen and oxygen atoms in total. The van der Waals surface area contributed by atoms with Crippen molar-refractivity contribution in [2.24, 2.45) is 0 Å². The zero-order valence-electron chi connectivity index (χ0n) is 10.6. The minimum absolute atomic E-state index is 0.302. The SMILES string of the molecule is Cc1ccc(Br)c(NC(=O)c2ccc(C)c(F)c2)c1. The molecule has 2 aromatic carbocycles. The molecule has 2 rings (SSSR count). The molecule has 0 bridgehead atoms. The zero-order chi connectivity index (χ0) is 14.0. The van der Waals surface area contributed by atoms with Crippen molar-refractivity contribution in [2.45, 2.75) is 13.8 Å². The van der Waals surface area contributed by atoms with Gasteiger partial charge in [-0.25, -0.2) is 4.39 Å². The number of rotatable bonds is 2. The predicted molar refractivity (Wildman–Crippen MR) is 78.0 cm³/mol. The van der Waals surface area contributed by atoms with Gasteiger partial charge >= 0.3 is 0 Å². The Morgan fingerprint density at radius 2 is 1.89 bits per heavy atom. The smallest absolute Gasteiger partial charge is 0.255 e. The Balaban J connectivity index is 2.25. The average molecular weight is 322 g/mol. The number of amides is 1. The summed E-state index contributed by atoms with van der Waals surface area (Å²) in [7, 11) is 0. The number of nitrogens with one attached hydrogen (secondary N) is 1.